The Morgan fingerprint density at radius 2 is 1.90 bits per heavy atom. The fraction of sp³-hybridized carbons (Fsp3) is 0.385. The van der Waals surface area contributed by atoms with E-state index in [-0.39, 0.29) is 0 Å². The second-order valence-corrected chi connectivity index (χ2v) is 8.89. The normalized spacial score (nSPS) is 19.4. The van der Waals surface area contributed by atoms with Crippen LogP contribution in [0.1, 0.15) is 48.1 Å². The summed E-state index contributed by atoms with van der Waals surface area (Å²) < 4.78 is 0. The molecule has 1 unspecified atom stereocenters. The average molecular weight is 403 g/mol. The standard InChI is InChI=1S/C26H34N4/c1-18(2)27-25-16-23(11-9-19(25)3)28-20(4)21-10-12-24-22(15-21)7-6-8-26(24)30-14-13-29(5)17-30/h9-12,15-16,26-28H,1,4,6-8,13-14,17H2,2-3,5H3. The molecule has 2 aromatic carbocycles. The van der Waals surface area contributed by atoms with Crippen LogP contribution in [0, 0.1) is 6.92 Å². The number of benzene rings is 2. The number of anilines is 2. The Labute approximate surface area is 181 Å². The third-order valence-corrected chi connectivity index (χ3v) is 6.29. The van der Waals surface area contributed by atoms with Gasteiger partial charge in [-0.1, -0.05) is 31.4 Å². The molecule has 2 aromatic rings. The van der Waals surface area contributed by atoms with Crippen molar-refractivity contribution < 1.29 is 0 Å². The molecule has 0 amide bonds. The van der Waals surface area contributed by atoms with Gasteiger partial charge in [0, 0.05) is 41.9 Å². The molecule has 1 heterocycles. The van der Waals surface area contributed by atoms with Gasteiger partial charge in [-0.15, -0.1) is 0 Å². The van der Waals surface area contributed by atoms with Crippen LogP contribution in [0.4, 0.5) is 11.4 Å². The molecular formula is C26H34N4. The monoisotopic (exact) mass is 402 g/mol. The number of hydrogen-bond donors (Lipinski definition) is 2. The smallest absolute Gasteiger partial charge is 0.0510 e. The SMILES string of the molecule is C=C(C)Nc1cc(NC(=C)c2ccc3c(c2)CCCC3N2CCN(C)C2)ccc1C. The van der Waals surface area contributed by atoms with Crippen molar-refractivity contribution in [2.24, 2.45) is 0 Å². The lowest BCUT2D eigenvalue weighted by Crippen LogP contribution is -2.30. The summed E-state index contributed by atoms with van der Waals surface area (Å²) in [5.41, 5.74) is 9.33. The first-order valence-corrected chi connectivity index (χ1v) is 11.0. The second-order valence-electron chi connectivity index (χ2n) is 8.89. The van der Waals surface area contributed by atoms with Gasteiger partial charge >= 0.3 is 0 Å². The van der Waals surface area contributed by atoms with E-state index < -0.39 is 0 Å². The van der Waals surface area contributed by atoms with Crippen molar-refractivity contribution in [3.63, 3.8) is 0 Å². The van der Waals surface area contributed by atoms with Gasteiger partial charge in [-0.05, 0) is 80.6 Å². The zero-order valence-electron chi connectivity index (χ0n) is 18.6. The number of hydrogen-bond acceptors (Lipinski definition) is 4. The van der Waals surface area contributed by atoms with Gasteiger partial charge in [0.15, 0.2) is 0 Å². The number of nitrogens with one attached hydrogen (secondary N) is 2. The highest BCUT2D eigenvalue weighted by atomic mass is 15.4. The highest BCUT2D eigenvalue weighted by Crippen LogP contribution is 2.36. The molecule has 4 nitrogen and oxygen atoms in total. The van der Waals surface area contributed by atoms with Crippen LogP contribution >= 0.6 is 0 Å². The van der Waals surface area contributed by atoms with Crippen molar-refractivity contribution in [3.05, 3.63) is 77.5 Å². The number of allylic oxidation sites excluding steroid dienone is 1. The molecule has 0 bridgehead atoms. The minimum Gasteiger partial charge on any atom is -0.359 e. The molecule has 4 rings (SSSR count). The highest BCUT2D eigenvalue weighted by Gasteiger charge is 2.29. The van der Waals surface area contributed by atoms with Gasteiger partial charge in [-0.25, -0.2) is 0 Å². The molecule has 1 aliphatic heterocycles. The predicted molar refractivity (Wildman–Crippen MR) is 129 cm³/mol. The molecule has 4 heteroatoms. The number of fused-ring (bicyclic) bond motifs is 1. The summed E-state index contributed by atoms with van der Waals surface area (Å²) >= 11 is 0. The van der Waals surface area contributed by atoms with Crippen molar-refractivity contribution in [3.8, 4) is 0 Å². The summed E-state index contributed by atoms with van der Waals surface area (Å²) in [6.07, 6.45) is 3.68. The fourth-order valence-electron chi connectivity index (χ4n) is 4.67. The van der Waals surface area contributed by atoms with Crippen molar-refractivity contribution in [1.82, 2.24) is 9.80 Å². The predicted octanol–water partition coefficient (Wildman–Crippen LogP) is 5.61. The lowest BCUT2D eigenvalue weighted by molar-refractivity contribution is 0.189. The molecule has 0 spiro atoms. The first-order chi connectivity index (χ1) is 14.4. The first kappa shape index (κ1) is 20.7. The molecule has 0 radical (unpaired) electrons. The van der Waals surface area contributed by atoms with E-state index in [1.54, 1.807) is 0 Å². The Bertz CT molecular complexity index is 962. The number of likely N-dealkylation sites (N-methyl/N-ethyl adjacent to an activating group) is 1. The van der Waals surface area contributed by atoms with Crippen LogP contribution in [-0.4, -0.2) is 36.6 Å². The van der Waals surface area contributed by atoms with Gasteiger partial charge in [-0.2, -0.15) is 0 Å². The molecule has 0 saturated carbocycles. The maximum Gasteiger partial charge on any atom is 0.0510 e. The molecule has 2 aliphatic rings. The minimum absolute atomic E-state index is 0.557. The van der Waals surface area contributed by atoms with E-state index in [0.29, 0.717) is 6.04 Å². The quantitative estimate of drug-likeness (QED) is 0.658. The van der Waals surface area contributed by atoms with Crippen LogP contribution in [-0.2, 0) is 6.42 Å². The van der Waals surface area contributed by atoms with E-state index in [0.717, 1.165) is 35.9 Å². The van der Waals surface area contributed by atoms with E-state index in [9.17, 15) is 0 Å². The molecule has 1 atom stereocenters. The first-order valence-electron chi connectivity index (χ1n) is 11.0. The molecule has 1 aliphatic carbocycles. The average Bonchev–Trinajstić information content (AvgIpc) is 3.15. The number of rotatable bonds is 6. The maximum atomic E-state index is 4.32. The van der Waals surface area contributed by atoms with Gasteiger partial charge in [0.05, 0.1) is 6.67 Å². The van der Waals surface area contributed by atoms with Gasteiger partial charge in [0.2, 0.25) is 0 Å². The maximum absolute atomic E-state index is 4.32. The van der Waals surface area contributed by atoms with E-state index in [1.807, 2.05) is 6.92 Å². The number of nitrogens with zero attached hydrogens (tertiary/aromatic N) is 2. The molecular weight excluding hydrogens is 368 g/mol. The second kappa shape index (κ2) is 8.66. The van der Waals surface area contributed by atoms with Crippen LogP contribution < -0.4 is 10.6 Å². The highest BCUT2D eigenvalue weighted by molar-refractivity contribution is 5.78. The van der Waals surface area contributed by atoms with Gasteiger partial charge in [0.1, 0.15) is 0 Å². The third kappa shape index (κ3) is 4.45. The van der Waals surface area contributed by atoms with Crippen LogP contribution in [0.5, 0.6) is 0 Å². The summed E-state index contributed by atoms with van der Waals surface area (Å²) in [6.45, 7) is 15.8. The lowest BCUT2D eigenvalue weighted by Gasteiger charge is -2.33. The fourth-order valence-corrected chi connectivity index (χ4v) is 4.67. The molecule has 1 fully saturated rings. The Hall–Kier alpha value is -2.56. The topological polar surface area (TPSA) is 30.5 Å². The van der Waals surface area contributed by atoms with Gasteiger partial charge in [-0.3, -0.25) is 9.80 Å². The van der Waals surface area contributed by atoms with Crippen molar-refractivity contribution in [1.29, 1.82) is 0 Å². The van der Waals surface area contributed by atoms with Crippen LogP contribution in [0.3, 0.4) is 0 Å². The van der Waals surface area contributed by atoms with Gasteiger partial charge in [0.25, 0.3) is 0 Å². The minimum atomic E-state index is 0.557. The molecule has 2 N–H and O–H groups in total. The van der Waals surface area contributed by atoms with E-state index in [2.05, 4.69) is 84.0 Å². The summed E-state index contributed by atoms with van der Waals surface area (Å²) in [6, 6.07) is 13.8. The molecule has 1 saturated heterocycles. The summed E-state index contributed by atoms with van der Waals surface area (Å²) in [5, 5.41) is 6.83. The molecule has 0 aromatic heterocycles. The van der Waals surface area contributed by atoms with Gasteiger partial charge < -0.3 is 10.6 Å². The summed E-state index contributed by atoms with van der Waals surface area (Å²) in [4.78, 5) is 5.04. The van der Waals surface area contributed by atoms with Crippen LogP contribution in [0.2, 0.25) is 0 Å². The Morgan fingerprint density at radius 3 is 2.63 bits per heavy atom. The van der Waals surface area contributed by atoms with Crippen LogP contribution in [0.25, 0.3) is 5.70 Å². The van der Waals surface area contributed by atoms with Crippen LogP contribution in [0.15, 0.2) is 55.3 Å². The lowest BCUT2D eigenvalue weighted by atomic mass is 9.85. The third-order valence-electron chi connectivity index (χ3n) is 6.29. The van der Waals surface area contributed by atoms with Crippen molar-refractivity contribution >= 4 is 17.1 Å². The zero-order chi connectivity index (χ0) is 21.3. The van der Waals surface area contributed by atoms with Crippen molar-refractivity contribution in [2.45, 2.75) is 39.2 Å². The summed E-state index contributed by atoms with van der Waals surface area (Å²) in [7, 11) is 2.21. The molecule has 158 valence electrons. The summed E-state index contributed by atoms with van der Waals surface area (Å²) in [5.74, 6) is 0. The Kier molecular flexibility index (Phi) is 5.98. The van der Waals surface area contributed by atoms with E-state index >= 15 is 0 Å². The molecule has 30 heavy (non-hydrogen) atoms. The van der Waals surface area contributed by atoms with Crippen molar-refractivity contribution in [2.75, 3.05) is 37.4 Å². The van der Waals surface area contributed by atoms with E-state index in [1.165, 1.54) is 48.2 Å². The Balaban J connectivity index is 1.51. The van der Waals surface area contributed by atoms with E-state index in [4.69, 9.17) is 0 Å². The Morgan fingerprint density at radius 1 is 1.07 bits per heavy atom. The zero-order valence-corrected chi connectivity index (χ0v) is 18.6. The largest absolute Gasteiger partial charge is 0.359 e. The number of aryl methyl sites for hydroxylation is 2.